The molecule has 7 heteroatoms. The molecule has 0 bridgehead atoms. The molecule has 2 N–H and O–H groups in total. The lowest BCUT2D eigenvalue weighted by molar-refractivity contribution is 0.102. The highest BCUT2D eigenvalue weighted by atomic mass is 35.5. The van der Waals surface area contributed by atoms with Crippen LogP contribution in [0.4, 0.5) is 11.5 Å². The number of rotatable bonds is 7. The van der Waals surface area contributed by atoms with Gasteiger partial charge in [-0.05, 0) is 75.2 Å². The fourth-order valence-corrected chi connectivity index (χ4v) is 4.19. The number of pyridine rings is 2. The summed E-state index contributed by atoms with van der Waals surface area (Å²) >= 11 is 5.87. The lowest BCUT2D eigenvalue weighted by Gasteiger charge is -2.36. The Morgan fingerprint density at radius 1 is 1.09 bits per heavy atom. The predicted molar refractivity (Wildman–Crippen MR) is 129 cm³/mol. The first-order chi connectivity index (χ1) is 15.6. The molecular formula is C25H28ClN5O. The van der Waals surface area contributed by atoms with Crippen molar-refractivity contribution in [2.24, 2.45) is 5.92 Å². The molecule has 1 fully saturated rings. The number of amides is 1. The Morgan fingerprint density at radius 3 is 2.59 bits per heavy atom. The van der Waals surface area contributed by atoms with Gasteiger partial charge in [0.25, 0.3) is 5.91 Å². The fraction of sp³-hybridized carbons (Fsp3) is 0.320. The highest BCUT2D eigenvalue weighted by Gasteiger charge is 2.24. The molecule has 166 valence electrons. The van der Waals surface area contributed by atoms with Crippen molar-refractivity contribution in [1.82, 2.24) is 14.9 Å². The quantitative estimate of drug-likeness (QED) is 0.514. The van der Waals surface area contributed by atoms with Crippen LogP contribution in [0.2, 0.25) is 5.02 Å². The van der Waals surface area contributed by atoms with Crippen molar-refractivity contribution < 1.29 is 4.79 Å². The van der Waals surface area contributed by atoms with Gasteiger partial charge in [-0.3, -0.25) is 14.7 Å². The molecule has 0 saturated carbocycles. The molecule has 1 aliphatic rings. The summed E-state index contributed by atoms with van der Waals surface area (Å²) in [7, 11) is 0. The Balaban J connectivity index is 1.31. The van der Waals surface area contributed by atoms with E-state index in [1.54, 1.807) is 12.1 Å². The van der Waals surface area contributed by atoms with E-state index in [0.717, 1.165) is 43.9 Å². The average molecular weight is 450 g/mol. The van der Waals surface area contributed by atoms with Crippen LogP contribution in [-0.2, 0) is 0 Å². The van der Waals surface area contributed by atoms with Gasteiger partial charge >= 0.3 is 0 Å². The van der Waals surface area contributed by atoms with Crippen molar-refractivity contribution in [2.45, 2.75) is 25.8 Å². The average Bonchev–Trinajstić information content (AvgIpc) is 2.85. The van der Waals surface area contributed by atoms with Crippen molar-refractivity contribution in [1.29, 1.82) is 0 Å². The summed E-state index contributed by atoms with van der Waals surface area (Å²) < 4.78 is 0. The maximum Gasteiger partial charge on any atom is 0.258 e. The number of halogens is 1. The summed E-state index contributed by atoms with van der Waals surface area (Å²) in [6.07, 6.45) is 5.61. The Labute approximate surface area is 194 Å². The van der Waals surface area contributed by atoms with Gasteiger partial charge in [0.05, 0.1) is 16.3 Å². The smallest absolute Gasteiger partial charge is 0.258 e. The Bertz CT molecular complexity index is 1020. The lowest BCUT2D eigenvalue weighted by atomic mass is 9.95. The summed E-state index contributed by atoms with van der Waals surface area (Å²) in [6, 6.07) is 17.4. The van der Waals surface area contributed by atoms with Gasteiger partial charge in [-0.2, -0.15) is 0 Å². The Hall–Kier alpha value is -2.96. The third-order valence-electron chi connectivity index (χ3n) is 6.03. The minimum Gasteiger partial charge on any atom is -0.384 e. The van der Waals surface area contributed by atoms with Crippen molar-refractivity contribution in [3.8, 4) is 0 Å². The van der Waals surface area contributed by atoms with E-state index in [4.69, 9.17) is 11.6 Å². The molecule has 1 aliphatic heterocycles. The second-order valence-electron chi connectivity index (χ2n) is 8.15. The van der Waals surface area contributed by atoms with Gasteiger partial charge in [0.1, 0.15) is 5.82 Å². The Kier molecular flexibility index (Phi) is 7.35. The SMILES string of the molecule is C[C@H](c1ccccn1)N1CCC(CNc2ccccc2C(=O)Nc2ccc(Cl)cn2)CC1. The van der Waals surface area contributed by atoms with Gasteiger partial charge < -0.3 is 10.6 Å². The van der Waals surface area contributed by atoms with Crippen LogP contribution in [0.5, 0.6) is 0 Å². The van der Waals surface area contributed by atoms with E-state index in [-0.39, 0.29) is 5.91 Å². The van der Waals surface area contributed by atoms with Crippen LogP contribution in [0.15, 0.2) is 67.0 Å². The number of piperidine rings is 1. The van der Waals surface area contributed by atoms with Crippen LogP contribution >= 0.6 is 11.6 Å². The second kappa shape index (κ2) is 10.6. The van der Waals surface area contributed by atoms with Crippen LogP contribution in [0, 0.1) is 5.92 Å². The number of hydrogen-bond donors (Lipinski definition) is 2. The number of nitrogens with one attached hydrogen (secondary N) is 2. The maximum absolute atomic E-state index is 12.8. The van der Waals surface area contributed by atoms with Crippen molar-refractivity contribution in [3.63, 3.8) is 0 Å². The molecule has 2 aromatic heterocycles. The third kappa shape index (κ3) is 5.64. The zero-order chi connectivity index (χ0) is 22.3. The molecule has 3 heterocycles. The zero-order valence-electron chi connectivity index (χ0n) is 18.2. The first kappa shape index (κ1) is 22.2. The highest BCUT2D eigenvalue weighted by Crippen LogP contribution is 2.26. The number of para-hydroxylation sites is 1. The van der Waals surface area contributed by atoms with E-state index in [1.807, 2.05) is 42.6 Å². The lowest BCUT2D eigenvalue weighted by Crippen LogP contribution is -2.37. The summed E-state index contributed by atoms with van der Waals surface area (Å²) in [6.45, 7) is 5.17. The maximum atomic E-state index is 12.8. The third-order valence-corrected chi connectivity index (χ3v) is 6.26. The normalized spacial score (nSPS) is 15.8. The second-order valence-corrected chi connectivity index (χ2v) is 8.59. The largest absolute Gasteiger partial charge is 0.384 e. The van der Waals surface area contributed by atoms with Crippen LogP contribution in [0.3, 0.4) is 0 Å². The van der Waals surface area contributed by atoms with Crippen LogP contribution in [0.1, 0.15) is 41.9 Å². The Morgan fingerprint density at radius 2 is 1.88 bits per heavy atom. The van der Waals surface area contributed by atoms with Gasteiger partial charge in [-0.25, -0.2) is 4.98 Å². The molecule has 3 aromatic rings. The van der Waals surface area contributed by atoms with Crippen molar-refractivity contribution in [3.05, 3.63) is 83.3 Å². The highest BCUT2D eigenvalue weighted by molar-refractivity contribution is 6.30. The van der Waals surface area contributed by atoms with Gasteiger partial charge in [0, 0.05) is 30.7 Å². The topological polar surface area (TPSA) is 70.2 Å². The molecular weight excluding hydrogens is 422 g/mol. The molecule has 1 saturated heterocycles. The molecule has 0 aliphatic carbocycles. The molecule has 1 atom stereocenters. The minimum absolute atomic E-state index is 0.193. The molecule has 1 aromatic carbocycles. The molecule has 6 nitrogen and oxygen atoms in total. The number of carbonyl (C=O) groups excluding carboxylic acids is 1. The van der Waals surface area contributed by atoms with Gasteiger partial charge in [0.15, 0.2) is 0 Å². The first-order valence-electron chi connectivity index (χ1n) is 11.0. The van der Waals surface area contributed by atoms with Crippen LogP contribution in [0.25, 0.3) is 0 Å². The molecule has 0 radical (unpaired) electrons. The first-order valence-corrected chi connectivity index (χ1v) is 11.4. The molecule has 0 unspecified atom stereocenters. The molecule has 1 amide bonds. The van der Waals surface area contributed by atoms with Crippen LogP contribution in [-0.4, -0.2) is 40.4 Å². The van der Waals surface area contributed by atoms with E-state index < -0.39 is 0 Å². The van der Waals surface area contributed by atoms with E-state index in [0.29, 0.717) is 28.4 Å². The van der Waals surface area contributed by atoms with Crippen molar-refractivity contribution in [2.75, 3.05) is 30.3 Å². The summed E-state index contributed by atoms with van der Waals surface area (Å²) in [5.41, 5.74) is 2.56. The number of anilines is 2. The van der Waals surface area contributed by atoms with Crippen LogP contribution < -0.4 is 10.6 Å². The zero-order valence-corrected chi connectivity index (χ0v) is 18.9. The van der Waals surface area contributed by atoms with Gasteiger partial charge in [-0.15, -0.1) is 0 Å². The minimum atomic E-state index is -0.193. The predicted octanol–water partition coefficient (Wildman–Crippen LogP) is 5.27. The standard InChI is InChI=1S/C25H28ClN5O/c1-18(22-7-4-5-13-27-22)31-14-11-19(12-15-31)16-28-23-8-3-2-6-21(23)25(32)30-24-10-9-20(26)17-29-24/h2-10,13,17-19,28H,11-12,14-16H2,1H3,(H,29,30,32)/t18-/m1/s1. The molecule has 4 rings (SSSR count). The monoisotopic (exact) mass is 449 g/mol. The van der Waals surface area contributed by atoms with Gasteiger partial charge in [0.2, 0.25) is 0 Å². The molecule has 32 heavy (non-hydrogen) atoms. The van der Waals surface area contributed by atoms with E-state index in [2.05, 4.69) is 38.5 Å². The van der Waals surface area contributed by atoms with Crippen molar-refractivity contribution >= 4 is 29.0 Å². The summed E-state index contributed by atoms with van der Waals surface area (Å²) in [5, 5.41) is 6.87. The molecule has 0 spiro atoms. The summed E-state index contributed by atoms with van der Waals surface area (Å²) in [5.74, 6) is 0.849. The van der Waals surface area contributed by atoms with E-state index in [1.165, 1.54) is 6.20 Å². The summed E-state index contributed by atoms with van der Waals surface area (Å²) in [4.78, 5) is 23.9. The number of nitrogens with zero attached hydrogens (tertiary/aromatic N) is 3. The fourth-order valence-electron chi connectivity index (χ4n) is 4.08. The van der Waals surface area contributed by atoms with E-state index in [9.17, 15) is 4.79 Å². The number of aromatic nitrogens is 2. The number of carbonyl (C=O) groups is 1. The van der Waals surface area contributed by atoms with E-state index >= 15 is 0 Å². The number of benzene rings is 1. The number of hydrogen-bond acceptors (Lipinski definition) is 5. The number of likely N-dealkylation sites (tertiary alicyclic amines) is 1. The van der Waals surface area contributed by atoms with Gasteiger partial charge in [-0.1, -0.05) is 29.8 Å².